The lowest BCUT2D eigenvalue weighted by Crippen LogP contribution is -2.03. The van der Waals surface area contributed by atoms with Crippen LogP contribution in [0.2, 0.25) is 5.02 Å². The first-order chi connectivity index (χ1) is 9.02. The predicted molar refractivity (Wildman–Crippen MR) is 81.0 cm³/mol. The molecule has 102 valence electrons. The molecule has 0 radical (unpaired) electrons. The topological polar surface area (TPSA) is 39.1 Å². The van der Waals surface area contributed by atoms with E-state index in [0.29, 0.717) is 11.6 Å². The van der Waals surface area contributed by atoms with Crippen molar-refractivity contribution in [2.45, 2.75) is 13.5 Å². The van der Waals surface area contributed by atoms with Crippen LogP contribution < -0.4 is 10.1 Å². The molecule has 1 aromatic carbocycles. The fourth-order valence-corrected chi connectivity index (χ4v) is 2.78. The molecule has 0 atom stereocenters. The zero-order chi connectivity index (χ0) is 14.0. The van der Waals surface area contributed by atoms with Crippen molar-refractivity contribution in [3.63, 3.8) is 0 Å². The van der Waals surface area contributed by atoms with E-state index in [0.717, 1.165) is 27.2 Å². The number of anilines is 1. The van der Waals surface area contributed by atoms with Crippen molar-refractivity contribution in [3.8, 4) is 5.75 Å². The van der Waals surface area contributed by atoms with E-state index in [1.165, 1.54) is 0 Å². The first kappa shape index (κ1) is 14.2. The number of aromatic nitrogens is 2. The Balaban J connectivity index is 2.22. The summed E-state index contributed by atoms with van der Waals surface area (Å²) in [6.45, 7) is 2.71. The summed E-state index contributed by atoms with van der Waals surface area (Å²) in [4.78, 5) is 0. The minimum absolute atomic E-state index is 0.651. The summed E-state index contributed by atoms with van der Waals surface area (Å²) in [5.41, 5.74) is 3.12. The number of aryl methyl sites for hydroxylation is 1. The van der Waals surface area contributed by atoms with Gasteiger partial charge in [0.05, 0.1) is 23.5 Å². The summed E-state index contributed by atoms with van der Waals surface area (Å²) in [7, 11) is 3.56. The number of ether oxygens (including phenoxy) is 1. The Labute approximate surface area is 125 Å². The van der Waals surface area contributed by atoms with Crippen molar-refractivity contribution in [2.24, 2.45) is 7.05 Å². The minimum Gasteiger partial charge on any atom is -0.493 e. The van der Waals surface area contributed by atoms with E-state index in [4.69, 9.17) is 16.3 Å². The number of rotatable bonds is 4. The number of hydrogen-bond donors (Lipinski definition) is 1. The maximum Gasteiger partial charge on any atom is 0.156 e. The maximum absolute atomic E-state index is 6.05. The van der Waals surface area contributed by atoms with Crippen molar-refractivity contribution in [1.82, 2.24) is 9.78 Å². The van der Waals surface area contributed by atoms with Gasteiger partial charge < -0.3 is 10.1 Å². The van der Waals surface area contributed by atoms with Gasteiger partial charge in [0.1, 0.15) is 0 Å². The molecule has 1 N–H and O–H groups in total. The van der Waals surface area contributed by atoms with Crippen LogP contribution >= 0.6 is 27.5 Å². The fourth-order valence-electron chi connectivity index (χ4n) is 1.81. The molecule has 19 heavy (non-hydrogen) atoms. The van der Waals surface area contributed by atoms with E-state index < -0.39 is 0 Å². The fraction of sp³-hybridized carbons (Fsp3) is 0.308. The Bertz CT molecular complexity index is 598. The highest BCUT2D eigenvalue weighted by Gasteiger charge is 2.10. The molecule has 0 aliphatic carbocycles. The van der Waals surface area contributed by atoms with E-state index >= 15 is 0 Å². The Kier molecular flexibility index (Phi) is 4.37. The van der Waals surface area contributed by atoms with Crippen molar-refractivity contribution in [3.05, 3.63) is 39.1 Å². The van der Waals surface area contributed by atoms with E-state index in [1.807, 2.05) is 30.9 Å². The van der Waals surface area contributed by atoms with Crippen LogP contribution in [-0.2, 0) is 13.6 Å². The lowest BCUT2D eigenvalue weighted by Gasteiger charge is -2.13. The molecule has 0 fully saturated rings. The molecule has 0 aliphatic heterocycles. The zero-order valence-corrected chi connectivity index (χ0v) is 13.3. The van der Waals surface area contributed by atoms with Gasteiger partial charge in [-0.1, -0.05) is 11.6 Å². The lowest BCUT2D eigenvalue weighted by atomic mass is 10.2. The second kappa shape index (κ2) is 5.84. The van der Waals surface area contributed by atoms with Gasteiger partial charge >= 0.3 is 0 Å². The highest BCUT2D eigenvalue weighted by Crippen LogP contribution is 2.36. The number of benzene rings is 1. The Morgan fingerprint density at radius 3 is 2.79 bits per heavy atom. The Morgan fingerprint density at radius 2 is 2.21 bits per heavy atom. The van der Waals surface area contributed by atoms with Gasteiger partial charge in [0.25, 0.3) is 0 Å². The van der Waals surface area contributed by atoms with E-state index in [9.17, 15) is 0 Å². The highest BCUT2D eigenvalue weighted by molar-refractivity contribution is 9.10. The standard InChI is InChI=1S/C13H15BrClN3O/c1-8-9(7-17-18(8)2)6-16-12-5-10(15)4-11(14)13(12)19-3/h4-5,7,16H,6H2,1-3H3. The van der Waals surface area contributed by atoms with Gasteiger partial charge in [0.15, 0.2) is 5.75 Å². The maximum atomic E-state index is 6.05. The molecule has 0 spiro atoms. The number of methoxy groups -OCH3 is 1. The third-order valence-corrected chi connectivity index (χ3v) is 3.83. The minimum atomic E-state index is 0.651. The molecule has 2 aromatic rings. The van der Waals surface area contributed by atoms with E-state index in [2.05, 4.69) is 26.3 Å². The highest BCUT2D eigenvalue weighted by atomic mass is 79.9. The van der Waals surface area contributed by atoms with E-state index in [1.54, 1.807) is 13.2 Å². The first-order valence-electron chi connectivity index (χ1n) is 5.77. The average molecular weight is 345 g/mol. The number of halogens is 2. The van der Waals surface area contributed by atoms with Crippen LogP contribution in [-0.4, -0.2) is 16.9 Å². The summed E-state index contributed by atoms with van der Waals surface area (Å²) in [5, 5.41) is 8.19. The van der Waals surface area contributed by atoms with Crippen molar-refractivity contribution in [2.75, 3.05) is 12.4 Å². The average Bonchev–Trinajstić information content (AvgIpc) is 2.67. The van der Waals surface area contributed by atoms with Crippen LogP contribution in [0.4, 0.5) is 5.69 Å². The largest absolute Gasteiger partial charge is 0.493 e. The van der Waals surface area contributed by atoms with Crippen molar-refractivity contribution in [1.29, 1.82) is 0 Å². The summed E-state index contributed by atoms with van der Waals surface area (Å²) in [6.07, 6.45) is 1.86. The summed E-state index contributed by atoms with van der Waals surface area (Å²) in [6, 6.07) is 3.65. The van der Waals surface area contributed by atoms with Gasteiger partial charge in [0, 0.05) is 29.9 Å². The van der Waals surface area contributed by atoms with Gasteiger partial charge in [-0.15, -0.1) is 0 Å². The SMILES string of the molecule is COc1c(Br)cc(Cl)cc1NCc1cnn(C)c1C. The molecule has 0 saturated heterocycles. The van der Waals surface area contributed by atoms with Crippen LogP contribution in [0.25, 0.3) is 0 Å². The molecule has 2 rings (SSSR count). The predicted octanol–water partition coefficient (Wildman–Crippen LogP) is 3.77. The summed E-state index contributed by atoms with van der Waals surface area (Å²) >= 11 is 9.49. The molecular weight excluding hydrogens is 330 g/mol. The molecule has 0 amide bonds. The molecule has 4 nitrogen and oxygen atoms in total. The quantitative estimate of drug-likeness (QED) is 0.918. The van der Waals surface area contributed by atoms with Gasteiger partial charge in [-0.05, 0) is 35.0 Å². The lowest BCUT2D eigenvalue weighted by molar-refractivity contribution is 0.414. The number of nitrogens with one attached hydrogen (secondary N) is 1. The Morgan fingerprint density at radius 1 is 1.47 bits per heavy atom. The molecule has 0 unspecified atom stereocenters. The van der Waals surface area contributed by atoms with Crippen LogP contribution in [0.5, 0.6) is 5.75 Å². The van der Waals surface area contributed by atoms with Crippen molar-refractivity contribution >= 4 is 33.2 Å². The molecule has 1 heterocycles. The molecular formula is C13H15BrClN3O. The zero-order valence-electron chi connectivity index (χ0n) is 11.0. The van der Waals surface area contributed by atoms with Crippen LogP contribution in [0.15, 0.2) is 22.8 Å². The van der Waals surface area contributed by atoms with Crippen LogP contribution in [0.1, 0.15) is 11.3 Å². The summed E-state index contributed by atoms with van der Waals surface area (Å²) in [5.74, 6) is 0.742. The molecule has 0 bridgehead atoms. The van der Waals surface area contributed by atoms with Gasteiger partial charge in [-0.2, -0.15) is 5.10 Å². The van der Waals surface area contributed by atoms with Crippen LogP contribution in [0.3, 0.4) is 0 Å². The van der Waals surface area contributed by atoms with Gasteiger partial charge in [0.2, 0.25) is 0 Å². The number of nitrogens with zero attached hydrogens (tertiary/aromatic N) is 2. The van der Waals surface area contributed by atoms with E-state index in [-0.39, 0.29) is 0 Å². The monoisotopic (exact) mass is 343 g/mol. The normalized spacial score (nSPS) is 10.6. The third-order valence-electron chi connectivity index (χ3n) is 3.02. The second-order valence-electron chi connectivity index (χ2n) is 4.20. The molecule has 6 heteroatoms. The molecule has 0 aliphatic rings. The third kappa shape index (κ3) is 3.04. The summed E-state index contributed by atoms with van der Waals surface area (Å²) < 4.78 is 8.04. The smallest absolute Gasteiger partial charge is 0.156 e. The number of hydrogen-bond acceptors (Lipinski definition) is 3. The molecule has 0 saturated carbocycles. The second-order valence-corrected chi connectivity index (χ2v) is 5.49. The Hall–Kier alpha value is -1.20. The van der Waals surface area contributed by atoms with Crippen molar-refractivity contribution < 1.29 is 4.74 Å². The molecule has 1 aromatic heterocycles. The van der Waals surface area contributed by atoms with Gasteiger partial charge in [-0.25, -0.2) is 0 Å². The van der Waals surface area contributed by atoms with Crippen LogP contribution in [0, 0.1) is 6.92 Å². The first-order valence-corrected chi connectivity index (χ1v) is 6.94. The van der Waals surface area contributed by atoms with Gasteiger partial charge in [-0.3, -0.25) is 4.68 Å².